The van der Waals surface area contributed by atoms with Crippen molar-refractivity contribution in [3.05, 3.63) is 47.7 Å². The molecule has 0 saturated carbocycles. The van der Waals surface area contributed by atoms with Crippen molar-refractivity contribution in [2.24, 2.45) is 0 Å². The summed E-state index contributed by atoms with van der Waals surface area (Å²) >= 11 is 0. The van der Waals surface area contributed by atoms with Gasteiger partial charge in [0.25, 0.3) is 0 Å². The number of anilines is 2. The maximum atomic E-state index is 13.5. The number of benzene rings is 1. The maximum Gasteiger partial charge on any atom is 0.388 e. The molecular formula is C25H34F2N4O3. The van der Waals surface area contributed by atoms with Crippen LogP contribution in [-0.2, 0) is 4.74 Å². The number of aryl methyl sites for hydroxylation is 1. The number of hydrogen-bond acceptors (Lipinski definition) is 5. The Morgan fingerprint density at radius 3 is 2.44 bits per heavy atom. The number of aromatic nitrogens is 1. The fourth-order valence-corrected chi connectivity index (χ4v) is 4.03. The van der Waals surface area contributed by atoms with Crippen LogP contribution < -0.4 is 15.0 Å². The minimum atomic E-state index is -3.04. The zero-order chi connectivity index (χ0) is 24.8. The lowest BCUT2D eigenvalue weighted by molar-refractivity contribution is -0.0893. The molecule has 9 heteroatoms. The summed E-state index contributed by atoms with van der Waals surface area (Å²) in [4.78, 5) is 21.6. The van der Waals surface area contributed by atoms with E-state index >= 15 is 0 Å². The Morgan fingerprint density at radius 1 is 1.18 bits per heavy atom. The van der Waals surface area contributed by atoms with Crippen LogP contribution in [0.3, 0.4) is 0 Å². The number of ether oxygens (including phenoxy) is 2. The van der Waals surface area contributed by atoms with E-state index in [0.29, 0.717) is 24.9 Å². The van der Waals surface area contributed by atoms with Gasteiger partial charge in [-0.15, -0.1) is 0 Å². The Labute approximate surface area is 200 Å². The molecule has 2 saturated heterocycles. The Bertz CT molecular complexity index is 963. The van der Waals surface area contributed by atoms with Gasteiger partial charge in [0, 0.05) is 24.5 Å². The molecule has 1 aromatic heterocycles. The van der Waals surface area contributed by atoms with Gasteiger partial charge in [0.2, 0.25) is 5.88 Å². The quantitative estimate of drug-likeness (QED) is 0.590. The molecule has 1 aromatic carbocycles. The zero-order valence-electron chi connectivity index (χ0n) is 20.4. The minimum absolute atomic E-state index is 0.0478. The molecule has 2 aliphatic rings. The van der Waals surface area contributed by atoms with Crippen LogP contribution in [0.15, 0.2) is 36.4 Å². The van der Waals surface area contributed by atoms with E-state index in [-0.39, 0.29) is 23.5 Å². The van der Waals surface area contributed by atoms with Gasteiger partial charge in [-0.1, -0.05) is 45.9 Å². The predicted octanol–water partition coefficient (Wildman–Crippen LogP) is 5.26. The number of nitrogens with one attached hydrogen (secondary N) is 1. The molecule has 2 aromatic rings. The average molecular weight is 477 g/mol. The standard InChI is InChI=1S/C23H28F2N4O3.C2H6/c1-14(2)18-6-4-5-7-20(18)29(16-10-28(11-16)17-12-31-13-17)23(30)27-19-9-8-15(3)26-21(19)32-22(24)25;1-2/h4-9,14,16-17,22H,10-13H2,1-3H3,(H,27,30);1-2H3. The highest BCUT2D eigenvalue weighted by Crippen LogP contribution is 2.33. The van der Waals surface area contributed by atoms with Gasteiger partial charge in [-0.05, 0) is 36.6 Å². The first-order chi connectivity index (χ1) is 16.3. The summed E-state index contributed by atoms with van der Waals surface area (Å²) in [7, 11) is 0. The van der Waals surface area contributed by atoms with Gasteiger partial charge in [0.1, 0.15) is 5.69 Å². The molecule has 4 rings (SSSR count). The third-order valence-corrected chi connectivity index (χ3v) is 5.87. The summed E-state index contributed by atoms with van der Waals surface area (Å²) in [5.41, 5.74) is 2.47. The fourth-order valence-electron chi connectivity index (χ4n) is 4.03. The highest BCUT2D eigenvalue weighted by atomic mass is 19.3. The van der Waals surface area contributed by atoms with E-state index in [0.717, 1.165) is 24.3 Å². The lowest BCUT2D eigenvalue weighted by atomic mass is 9.97. The third kappa shape index (κ3) is 5.82. The first kappa shape index (κ1) is 25.8. The van der Waals surface area contributed by atoms with Crippen molar-refractivity contribution in [2.75, 3.05) is 36.5 Å². The number of halogens is 2. The van der Waals surface area contributed by atoms with E-state index < -0.39 is 12.6 Å². The largest absolute Gasteiger partial charge is 0.415 e. The summed E-state index contributed by atoms with van der Waals surface area (Å²) in [5.74, 6) is -0.0937. The van der Waals surface area contributed by atoms with Crippen LogP contribution in [0.4, 0.5) is 25.0 Å². The summed E-state index contributed by atoms with van der Waals surface area (Å²) in [6.07, 6.45) is 0. The maximum absolute atomic E-state index is 13.5. The highest BCUT2D eigenvalue weighted by molar-refractivity contribution is 6.03. The van der Waals surface area contributed by atoms with Crippen molar-refractivity contribution in [1.29, 1.82) is 0 Å². The van der Waals surface area contributed by atoms with Crippen LogP contribution in [0.25, 0.3) is 0 Å². The van der Waals surface area contributed by atoms with Crippen LogP contribution in [-0.4, -0.2) is 60.9 Å². The molecule has 0 unspecified atom stereocenters. The number of likely N-dealkylation sites (tertiary alicyclic amines) is 1. The molecular weight excluding hydrogens is 442 g/mol. The SMILES string of the molecule is CC.Cc1ccc(NC(=O)N(c2ccccc2C(C)C)C2CN(C3COC3)C2)c(OC(F)F)n1. The van der Waals surface area contributed by atoms with E-state index in [1.807, 2.05) is 38.1 Å². The second-order valence-electron chi connectivity index (χ2n) is 8.50. The molecule has 3 heterocycles. The molecule has 0 spiro atoms. The Hall–Kier alpha value is -2.78. The van der Waals surface area contributed by atoms with Crippen molar-refractivity contribution in [2.45, 2.75) is 59.2 Å². The number of carbonyl (C=O) groups excluding carboxylic acids is 1. The number of para-hydroxylation sites is 1. The molecule has 34 heavy (non-hydrogen) atoms. The number of pyridine rings is 1. The van der Waals surface area contributed by atoms with Gasteiger partial charge in [0.15, 0.2) is 0 Å². The summed E-state index contributed by atoms with van der Waals surface area (Å²) in [6.45, 7) is 9.65. The Morgan fingerprint density at radius 2 is 1.85 bits per heavy atom. The summed E-state index contributed by atoms with van der Waals surface area (Å²) < 4.78 is 35.6. The Kier molecular flexibility index (Phi) is 8.79. The van der Waals surface area contributed by atoms with Crippen LogP contribution in [0.2, 0.25) is 0 Å². The second-order valence-corrected chi connectivity index (χ2v) is 8.50. The highest BCUT2D eigenvalue weighted by Gasteiger charge is 2.41. The minimum Gasteiger partial charge on any atom is -0.415 e. The number of nitrogens with zero attached hydrogens (tertiary/aromatic N) is 3. The predicted molar refractivity (Wildman–Crippen MR) is 129 cm³/mol. The number of hydrogen-bond donors (Lipinski definition) is 1. The monoisotopic (exact) mass is 476 g/mol. The van der Waals surface area contributed by atoms with Crippen LogP contribution in [0, 0.1) is 6.92 Å². The normalized spacial score (nSPS) is 16.4. The summed E-state index contributed by atoms with van der Waals surface area (Å²) in [5, 5.41) is 2.75. The molecule has 1 N–H and O–H groups in total. The smallest absolute Gasteiger partial charge is 0.388 e. The lowest BCUT2D eigenvalue weighted by Gasteiger charge is -2.51. The van der Waals surface area contributed by atoms with Crippen LogP contribution in [0.5, 0.6) is 5.88 Å². The number of amides is 2. The first-order valence-electron chi connectivity index (χ1n) is 11.8. The lowest BCUT2D eigenvalue weighted by Crippen LogP contribution is -2.67. The molecule has 7 nitrogen and oxygen atoms in total. The number of urea groups is 1. The second kappa shape index (κ2) is 11.6. The van der Waals surface area contributed by atoms with E-state index in [1.54, 1.807) is 17.9 Å². The first-order valence-corrected chi connectivity index (χ1v) is 11.8. The van der Waals surface area contributed by atoms with E-state index in [9.17, 15) is 13.6 Å². The molecule has 0 aliphatic carbocycles. The summed E-state index contributed by atoms with van der Waals surface area (Å²) in [6, 6.07) is 10.9. The number of rotatable bonds is 7. The van der Waals surface area contributed by atoms with Crippen LogP contribution in [0.1, 0.15) is 44.9 Å². The van der Waals surface area contributed by atoms with Crippen molar-refractivity contribution in [1.82, 2.24) is 9.88 Å². The van der Waals surface area contributed by atoms with Gasteiger partial charge >= 0.3 is 12.6 Å². The van der Waals surface area contributed by atoms with Crippen LogP contribution >= 0.6 is 0 Å². The molecule has 2 aliphatic heterocycles. The molecule has 2 fully saturated rings. The molecule has 0 atom stereocenters. The van der Waals surface area contributed by atoms with E-state index in [1.165, 1.54) is 6.07 Å². The molecule has 0 radical (unpaired) electrons. The third-order valence-electron chi connectivity index (χ3n) is 5.87. The van der Waals surface area contributed by atoms with Gasteiger partial charge in [0.05, 0.1) is 25.3 Å². The number of carbonyl (C=O) groups is 1. The number of alkyl halides is 2. The van der Waals surface area contributed by atoms with Crippen molar-refractivity contribution < 1.29 is 23.0 Å². The van der Waals surface area contributed by atoms with Crippen molar-refractivity contribution >= 4 is 17.4 Å². The molecule has 186 valence electrons. The average Bonchev–Trinajstić information content (AvgIpc) is 2.74. The van der Waals surface area contributed by atoms with E-state index in [4.69, 9.17) is 4.74 Å². The van der Waals surface area contributed by atoms with E-state index in [2.05, 4.69) is 33.8 Å². The van der Waals surface area contributed by atoms with Gasteiger partial charge in [-0.25, -0.2) is 9.78 Å². The fraction of sp³-hybridized carbons (Fsp3) is 0.520. The topological polar surface area (TPSA) is 66.9 Å². The van der Waals surface area contributed by atoms with Crippen molar-refractivity contribution in [3.8, 4) is 5.88 Å². The molecule has 0 bridgehead atoms. The molecule has 2 amide bonds. The Balaban J connectivity index is 0.00000158. The van der Waals surface area contributed by atoms with Gasteiger partial charge in [-0.2, -0.15) is 8.78 Å². The van der Waals surface area contributed by atoms with Crippen molar-refractivity contribution in [3.63, 3.8) is 0 Å². The van der Waals surface area contributed by atoms with Gasteiger partial charge < -0.3 is 14.8 Å². The zero-order valence-corrected chi connectivity index (χ0v) is 20.4. The van der Waals surface area contributed by atoms with Gasteiger partial charge in [-0.3, -0.25) is 9.80 Å².